The Morgan fingerprint density at radius 3 is 2.59 bits per heavy atom. The van der Waals surface area contributed by atoms with Gasteiger partial charge in [-0.1, -0.05) is 6.07 Å². The third-order valence-electron chi connectivity index (χ3n) is 6.28. The molecule has 1 aliphatic heterocycles. The molecule has 4 N–H and O–H groups in total. The average Bonchev–Trinajstić information content (AvgIpc) is 3.73. The van der Waals surface area contributed by atoms with Gasteiger partial charge in [0, 0.05) is 41.1 Å². The molecule has 0 radical (unpaired) electrons. The second kappa shape index (κ2) is 8.30. The summed E-state index contributed by atoms with van der Waals surface area (Å²) < 4.78 is 0. The van der Waals surface area contributed by atoms with Gasteiger partial charge in [0.15, 0.2) is 5.96 Å². The van der Waals surface area contributed by atoms with E-state index in [1.807, 2.05) is 42.5 Å². The number of guanidine groups is 1. The standard InChI is InChI=1S/C25H29N5O2/c1-25(10-11-25)30-23(32)17-4-2-5-19(14-17)28-21-9-8-18(15-20(21)16-6-7-16)22(31)29-24-26-12-3-13-27-24/h2,4-5,8-9,14-16,28H,3,6-7,10-13H2,1H3,(H,30,32)(H2,26,27,29,31). The van der Waals surface area contributed by atoms with Crippen LogP contribution in [0.25, 0.3) is 0 Å². The minimum atomic E-state index is -0.154. The van der Waals surface area contributed by atoms with Gasteiger partial charge in [0.2, 0.25) is 0 Å². The Morgan fingerprint density at radius 1 is 1.06 bits per heavy atom. The number of nitrogens with zero attached hydrogens (tertiary/aromatic N) is 1. The molecule has 0 unspecified atom stereocenters. The van der Waals surface area contributed by atoms with Crippen molar-refractivity contribution in [1.82, 2.24) is 16.0 Å². The molecule has 7 heteroatoms. The maximum absolute atomic E-state index is 12.7. The van der Waals surface area contributed by atoms with Crippen LogP contribution in [0, 0.1) is 0 Å². The van der Waals surface area contributed by atoms with Gasteiger partial charge in [0.05, 0.1) is 0 Å². The molecule has 5 rings (SSSR count). The van der Waals surface area contributed by atoms with E-state index in [1.54, 1.807) is 0 Å². The normalized spacial score (nSPS) is 18.7. The second-order valence-electron chi connectivity index (χ2n) is 9.26. The molecule has 166 valence electrons. The summed E-state index contributed by atoms with van der Waals surface area (Å²) >= 11 is 0. The number of hydrogen-bond donors (Lipinski definition) is 4. The first-order valence-electron chi connectivity index (χ1n) is 11.4. The van der Waals surface area contributed by atoms with Crippen LogP contribution >= 0.6 is 0 Å². The van der Waals surface area contributed by atoms with Gasteiger partial charge in [-0.15, -0.1) is 0 Å². The predicted octanol–water partition coefficient (Wildman–Crippen LogP) is 3.67. The van der Waals surface area contributed by atoms with Crippen LogP contribution in [0.2, 0.25) is 0 Å². The highest BCUT2D eigenvalue weighted by Crippen LogP contribution is 2.44. The van der Waals surface area contributed by atoms with Crippen LogP contribution in [0.5, 0.6) is 0 Å². The van der Waals surface area contributed by atoms with Crippen molar-refractivity contribution in [3.63, 3.8) is 0 Å². The van der Waals surface area contributed by atoms with E-state index in [9.17, 15) is 9.59 Å². The fourth-order valence-electron chi connectivity index (χ4n) is 3.90. The van der Waals surface area contributed by atoms with Crippen LogP contribution in [-0.2, 0) is 0 Å². The summed E-state index contributed by atoms with van der Waals surface area (Å²) in [6, 6.07) is 13.3. The first-order valence-corrected chi connectivity index (χ1v) is 11.4. The van der Waals surface area contributed by atoms with E-state index in [0.29, 0.717) is 23.0 Å². The molecule has 0 aromatic heterocycles. The minimum Gasteiger partial charge on any atom is -0.356 e. The van der Waals surface area contributed by atoms with E-state index in [-0.39, 0.29) is 17.4 Å². The first-order chi connectivity index (χ1) is 15.5. The van der Waals surface area contributed by atoms with Crippen molar-refractivity contribution in [1.29, 1.82) is 0 Å². The van der Waals surface area contributed by atoms with E-state index < -0.39 is 0 Å². The molecule has 2 aromatic rings. The summed E-state index contributed by atoms with van der Waals surface area (Å²) in [6.45, 7) is 3.63. The van der Waals surface area contributed by atoms with Gasteiger partial charge in [-0.2, -0.15) is 0 Å². The number of benzene rings is 2. The molecule has 3 aliphatic rings. The number of anilines is 2. The maximum atomic E-state index is 12.7. The Bertz CT molecular complexity index is 1090. The molecule has 2 amide bonds. The van der Waals surface area contributed by atoms with Crippen molar-refractivity contribution >= 4 is 29.1 Å². The molecule has 7 nitrogen and oxygen atoms in total. The van der Waals surface area contributed by atoms with Gasteiger partial charge in [-0.05, 0) is 86.9 Å². The van der Waals surface area contributed by atoms with Crippen molar-refractivity contribution in [3.8, 4) is 0 Å². The minimum absolute atomic E-state index is 0.0395. The Kier molecular flexibility index (Phi) is 5.33. The van der Waals surface area contributed by atoms with Crippen molar-refractivity contribution in [3.05, 3.63) is 59.2 Å². The quantitative estimate of drug-likeness (QED) is 0.561. The number of nitrogens with one attached hydrogen (secondary N) is 4. The topological polar surface area (TPSA) is 94.6 Å². The van der Waals surface area contributed by atoms with Gasteiger partial charge >= 0.3 is 0 Å². The summed E-state index contributed by atoms with van der Waals surface area (Å²) in [6.07, 6.45) is 5.29. The van der Waals surface area contributed by atoms with E-state index in [2.05, 4.69) is 33.2 Å². The molecule has 0 saturated heterocycles. The summed E-state index contributed by atoms with van der Waals surface area (Å²) in [5, 5.41) is 12.6. The Balaban J connectivity index is 1.32. The van der Waals surface area contributed by atoms with Crippen molar-refractivity contribution in [2.45, 2.75) is 50.5 Å². The fraction of sp³-hybridized carbons (Fsp3) is 0.400. The molecule has 0 atom stereocenters. The lowest BCUT2D eigenvalue weighted by molar-refractivity contribution is 0.0933. The largest absolute Gasteiger partial charge is 0.356 e. The van der Waals surface area contributed by atoms with Crippen molar-refractivity contribution in [2.75, 3.05) is 18.4 Å². The second-order valence-corrected chi connectivity index (χ2v) is 9.26. The van der Waals surface area contributed by atoms with Crippen LogP contribution in [-0.4, -0.2) is 36.4 Å². The summed E-state index contributed by atoms with van der Waals surface area (Å²) in [4.78, 5) is 29.6. The number of amides is 2. The third-order valence-corrected chi connectivity index (χ3v) is 6.28. The molecule has 0 spiro atoms. The number of carbonyl (C=O) groups excluding carboxylic acids is 2. The molecule has 2 saturated carbocycles. The monoisotopic (exact) mass is 431 g/mol. The highest BCUT2D eigenvalue weighted by Gasteiger charge is 2.38. The molecule has 1 heterocycles. The average molecular weight is 432 g/mol. The highest BCUT2D eigenvalue weighted by atomic mass is 16.2. The van der Waals surface area contributed by atoms with Gasteiger partial charge in [-0.25, -0.2) is 0 Å². The van der Waals surface area contributed by atoms with Gasteiger partial charge < -0.3 is 16.0 Å². The molecular weight excluding hydrogens is 402 g/mol. The zero-order valence-electron chi connectivity index (χ0n) is 18.3. The van der Waals surface area contributed by atoms with Crippen LogP contribution < -0.4 is 21.3 Å². The molecule has 0 bridgehead atoms. The SMILES string of the molecule is CC1(NC(=O)c2cccc(Nc3ccc(C(=O)NC4=NCCCN4)cc3C3CC3)c2)CC1. The number of hydrogen-bond acceptors (Lipinski definition) is 5. The first kappa shape index (κ1) is 20.5. The van der Waals surface area contributed by atoms with Crippen molar-refractivity contribution < 1.29 is 9.59 Å². The van der Waals surface area contributed by atoms with Crippen LogP contribution in [0.15, 0.2) is 47.5 Å². The zero-order valence-corrected chi connectivity index (χ0v) is 18.3. The van der Waals surface area contributed by atoms with Gasteiger partial charge in [-0.3, -0.25) is 19.9 Å². The fourth-order valence-corrected chi connectivity index (χ4v) is 3.90. The number of rotatable bonds is 6. The Morgan fingerprint density at radius 2 is 1.88 bits per heavy atom. The lowest BCUT2D eigenvalue weighted by atomic mass is 10.0. The van der Waals surface area contributed by atoms with E-state index in [1.165, 1.54) is 0 Å². The molecule has 2 aromatic carbocycles. The van der Waals surface area contributed by atoms with Crippen LogP contribution in [0.1, 0.15) is 71.2 Å². The number of carbonyl (C=O) groups is 2. The Labute approximate surface area is 188 Å². The summed E-state index contributed by atoms with van der Waals surface area (Å²) in [7, 11) is 0. The third kappa shape index (κ3) is 4.77. The maximum Gasteiger partial charge on any atom is 0.257 e. The lowest BCUT2D eigenvalue weighted by Crippen LogP contribution is -2.43. The smallest absolute Gasteiger partial charge is 0.257 e. The number of aliphatic imine (C=N–C) groups is 1. The Hall–Kier alpha value is -3.35. The highest BCUT2D eigenvalue weighted by molar-refractivity contribution is 6.06. The predicted molar refractivity (Wildman–Crippen MR) is 126 cm³/mol. The molecule has 2 aliphatic carbocycles. The molecular formula is C25H29N5O2. The van der Waals surface area contributed by atoms with Gasteiger partial charge in [0.25, 0.3) is 11.8 Å². The van der Waals surface area contributed by atoms with Crippen LogP contribution in [0.4, 0.5) is 11.4 Å². The van der Waals surface area contributed by atoms with E-state index >= 15 is 0 Å². The molecule has 2 fully saturated rings. The van der Waals surface area contributed by atoms with E-state index in [0.717, 1.165) is 62.1 Å². The van der Waals surface area contributed by atoms with Crippen molar-refractivity contribution in [2.24, 2.45) is 4.99 Å². The molecule has 32 heavy (non-hydrogen) atoms. The van der Waals surface area contributed by atoms with Gasteiger partial charge in [0.1, 0.15) is 0 Å². The lowest BCUT2D eigenvalue weighted by Gasteiger charge is -2.17. The summed E-state index contributed by atoms with van der Waals surface area (Å²) in [5.41, 5.74) is 4.19. The van der Waals surface area contributed by atoms with Crippen LogP contribution in [0.3, 0.4) is 0 Å². The zero-order chi connectivity index (χ0) is 22.1. The van der Waals surface area contributed by atoms with E-state index in [4.69, 9.17) is 0 Å². The summed E-state index contributed by atoms with van der Waals surface area (Å²) in [5.74, 6) is 0.810.